The third kappa shape index (κ3) is 13.5. The van der Waals surface area contributed by atoms with Crippen molar-refractivity contribution in [1.29, 1.82) is 0 Å². The second-order valence-electron chi connectivity index (χ2n) is 17.0. The van der Waals surface area contributed by atoms with Crippen molar-refractivity contribution < 1.29 is 47.8 Å². The molecule has 0 saturated carbocycles. The average molecular weight is 866 g/mol. The molecule has 2 aliphatic rings. The maximum atomic E-state index is 14.2. The van der Waals surface area contributed by atoms with Gasteiger partial charge in [0, 0.05) is 37.8 Å². The molecule has 1 aromatic carbocycles. The Kier molecular flexibility index (Phi) is 17.4. The standard InChI is InChI=1S/C43H63N9O10/c1-9-25(2)34(38(56)49-31(41(59)61-8)21-28-15-11-10-12-16-28)50-36(54)26(3)46-37(55)32-17-13-19-51(32)40(58)33-18-14-20-52(33)39(57)30(22-29-23-44-24-45-29)48-35(53)27(4)47-42(60)62-43(5,6)7/h10-12,15-16,23-27,30-34H,9,13-14,17-22H2,1-8H3,(H,44,45)(H,46,55)(H,47,60)(H,48,53)(H,49,56)(H,50,54)/t25-,26-,27-,30-,31-,32-,33-,34-/m0/s1. The summed E-state index contributed by atoms with van der Waals surface area (Å²) in [6.07, 6.45) is 4.53. The van der Waals surface area contributed by atoms with Crippen molar-refractivity contribution in [3.63, 3.8) is 0 Å². The van der Waals surface area contributed by atoms with Gasteiger partial charge in [-0.1, -0.05) is 50.6 Å². The Morgan fingerprint density at radius 1 is 0.790 bits per heavy atom. The summed E-state index contributed by atoms with van der Waals surface area (Å²) in [7, 11) is 1.23. The molecule has 19 nitrogen and oxygen atoms in total. The van der Waals surface area contributed by atoms with Gasteiger partial charge in [0.1, 0.15) is 47.9 Å². The lowest BCUT2D eigenvalue weighted by Crippen LogP contribution is -2.59. The number of carbonyl (C=O) groups is 8. The molecule has 4 rings (SSSR count). The number of hydrogen-bond donors (Lipinski definition) is 6. The summed E-state index contributed by atoms with van der Waals surface area (Å²) >= 11 is 0. The normalized spacial score (nSPS) is 19.2. The van der Waals surface area contributed by atoms with Crippen LogP contribution >= 0.6 is 0 Å². The molecule has 340 valence electrons. The van der Waals surface area contributed by atoms with Gasteiger partial charge in [-0.05, 0) is 71.8 Å². The molecular formula is C43H63N9O10. The monoisotopic (exact) mass is 865 g/mol. The summed E-state index contributed by atoms with van der Waals surface area (Å²) in [4.78, 5) is 118. The van der Waals surface area contributed by atoms with Crippen LogP contribution in [0.25, 0.3) is 0 Å². The molecule has 0 radical (unpaired) electrons. The van der Waals surface area contributed by atoms with Crippen molar-refractivity contribution >= 4 is 47.5 Å². The fourth-order valence-electron chi connectivity index (χ4n) is 7.45. The third-order valence-electron chi connectivity index (χ3n) is 11.0. The molecule has 0 bridgehead atoms. The number of methoxy groups -OCH3 is 1. The number of nitrogens with zero attached hydrogens (tertiary/aromatic N) is 3. The highest BCUT2D eigenvalue weighted by Gasteiger charge is 2.44. The van der Waals surface area contributed by atoms with E-state index < -0.39 is 95.4 Å². The van der Waals surface area contributed by atoms with E-state index in [1.807, 2.05) is 37.3 Å². The van der Waals surface area contributed by atoms with Crippen molar-refractivity contribution in [2.45, 2.75) is 141 Å². The molecule has 0 aliphatic carbocycles. The van der Waals surface area contributed by atoms with Crippen molar-refractivity contribution in [2.24, 2.45) is 5.92 Å². The number of hydrogen-bond acceptors (Lipinski definition) is 11. The maximum Gasteiger partial charge on any atom is 0.408 e. The highest BCUT2D eigenvalue weighted by Crippen LogP contribution is 2.26. The topological polar surface area (TPSA) is 250 Å². The molecule has 6 N–H and O–H groups in total. The first kappa shape index (κ1) is 48.7. The Bertz CT molecular complexity index is 1890. The van der Waals surface area contributed by atoms with Crippen molar-refractivity contribution in [3.8, 4) is 0 Å². The van der Waals surface area contributed by atoms with E-state index in [-0.39, 0.29) is 31.8 Å². The van der Waals surface area contributed by atoms with Crippen LogP contribution in [0.5, 0.6) is 0 Å². The summed E-state index contributed by atoms with van der Waals surface area (Å²) in [5.74, 6) is -4.37. The first-order valence-corrected chi connectivity index (χ1v) is 21.2. The van der Waals surface area contributed by atoms with Gasteiger partial charge in [-0.15, -0.1) is 0 Å². The van der Waals surface area contributed by atoms with Crippen LogP contribution in [0, 0.1) is 5.92 Å². The highest BCUT2D eigenvalue weighted by atomic mass is 16.6. The van der Waals surface area contributed by atoms with Crippen LogP contribution in [0.1, 0.15) is 91.8 Å². The first-order chi connectivity index (χ1) is 29.3. The largest absolute Gasteiger partial charge is 0.467 e. The lowest BCUT2D eigenvalue weighted by atomic mass is 9.97. The van der Waals surface area contributed by atoms with E-state index in [1.165, 1.54) is 43.3 Å². The smallest absolute Gasteiger partial charge is 0.408 e. The second kappa shape index (κ2) is 22.2. The molecule has 0 spiro atoms. The SMILES string of the molecule is CC[C@H](C)[C@H](NC(=O)[C@H](C)NC(=O)[C@@H]1CCCN1C(=O)[C@@H]1CCCN1C(=O)[C@H](Cc1cnc[nH]1)NC(=O)[C@H](C)NC(=O)OC(C)(C)C)C(=O)N[C@@H](Cc1ccccc1)C(=O)OC. The fraction of sp³-hybridized carbons (Fsp3) is 0.605. The van der Waals surface area contributed by atoms with Gasteiger partial charge in [-0.3, -0.25) is 28.8 Å². The maximum absolute atomic E-state index is 14.2. The van der Waals surface area contributed by atoms with Gasteiger partial charge in [-0.2, -0.15) is 0 Å². The lowest BCUT2D eigenvalue weighted by Gasteiger charge is -2.33. The third-order valence-corrected chi connectivity index (χ3v) is 11.0. The van der Waals surface area contributed by atoms with Gasteiger partial charge in [0.05, 0.1) is 13.4 Å². The zero-order valence-corrected chi connectivity index (χ0v) is 36.9. The molecule has 19 heteroatoms. The summed E-state index contributed by atoms with van der Waals surface area (Å²) in [5.41, 5.74) is 0.559. The zero-order valence-electron chi connectivity index (χ0n) is 36.9. The summed E-state index contributed by atoms with van der Waals surface area (Å²) in [6.45, 7) is 12.1. The fourth-order valence-corrected chi connectivity index (χ4v) is 7.45. The van der Waals surface area contributed by atoms with Crippen molar-refractivity contribution in [1.82, 2.24) is 46.4 Å². The number of amides is 7. The molecule has 62 heavy (non-hydrogen) atoms. The Morgan fingerprint density at radius 3 is 2.02 bits per heavy atom. The van der Waals surface area contributed by atoms with E-state index in [9.17, 15) is 38.4 Å². The Morgan fingerprint density at radius 2 is 1.40 bits per heavy atom. The molecule has 2 aromatic rings. The van der Waals surface area contributed by atoms with Crippen LogP contribution < -0.4 is 26.6 Å². The van der Waals surface area contributed by atoms with Crippen molar-refractivity contribution in [2.75, 3.05) is 20.2 Å². The molecule has 3 heterocycles. The Labute approximate surface area is 362 Å². The lowest BCUT2D eigenvalue weighted by molar-refractivity contribution is -0.148. The number of esters is 1. The van der Waals surface area contributed by atoms with Gasteiger partial charge in [0.15, 0.2) is 0 Å². The summed E-state index contributed by atoms with van der Waals surface area (Å²) in [5, 5.41) is 13.4. The van der Waals surface area contributed by atoms with Gasteiger partial charge in [0.2, 0.25) is 35.4 Å². The van der Waals surface area contributed by atoms with E-state index in [0.29, 0.717) is 37.8 Å². The van der Waals surface area contributed by atoms with Crippen LogP contribution in [0.3, 0.4) is 0 Å². The predicted octanol–water partition coefficient (Wildman–Crippen LogP) is 1.27. The minimum atomic E-state index is -1.13. The zero-order chi connectivity index (χ0) is 45.7. The second-order valence-corrected chi connectivity index (χ2v) is 17.0. The van der Waals surface area contributed by atoms with Crippen LogP contribution in [0.4, 0.5) is 4.79 Å². The first-order valence-electron chi connectivity index (χ1n) is 21.2. The molecule has 2 aliphatic heterocycles. The summed E-state index contributed by atoms with van der Waals surface area (Å²) in [6, 6.07) is 1.91. The number of aromatic amines is 1. The van der Waals surface area contributed by atoms with E-state index in [2.05, 4.69) is 36.6 Å². The average Bonchev–Trinajstić information content (AvgIpc) is 4.04. The van der Waals surface area contributed by atoms with Crippen LogP contribution in [0.15, 0.2) is 42.9 Å². The van der Waals surface area contributed by atoms with E-state index >= 15 is 0 Å². The molecule has 1 aromatic heterocycles. The quantitative estimate of drug-likeness (QED) is 0.117. The minimum Gasteiger partial charge on any atom is -0.467 e. The van der Waals surface area contributed by atoms with Crippen molar-refractivity contribution in [3.05, 3.63) is 54.1 Å². The molecule has 8 atom stereocenters. The molecule has 0 unspecified atom stereocenters. The molecular weight excluding hydrogens is 803 g/mol. The number of alkyl carbamates (subject to hydrolysis) is 1. The Hall–Kier alpha value is -6.01. The molecule has 2 saturated heterocycles. The van der Waals surface area contributed by atoms with Crippen LogP contribution in [-0.2, 0) is 55.9 Å². The number of benzene rings is 1. The van der Waals surface area contributed by atoms with Gasteiger partial charge in [0.25, 0.3) is 0 Å². The number of aromatic nitrogens is 2. The number of nitrogens with one attached hydrogen (secondary N) is 6. The molecule has 7 amide bonds. The number of ether oxygens (including phenoxy) is 2. The van der Waals surface area contributed by atoms with Gasteiger partial charge in [-0.25, -0.2) is 14.6 Å². The number of likely N-dealkylation sites (tertiary alicyclic amines) is 2. The van der Waals surface area contributed by atoms with E-state index in [1.54, 1.807) is 27.7 Å². The van der Waals surface area contributed by atoms with E-state index in [4.69, 9.17) is 9.47 Å². The highest BCUT2D eigenvalue weighted by molar-refractivity contribution is 5.97. The predicted molar refractivity (Wildman–Crippen MR) is 226 cm³/mol. The van der Waals surface area contributed by atoms with Crippen LogP contribution in [0.2, 0.25) is 0 Å². The van der Waals surface area contributed by atoms with Gasteiger partial charge >= 0.3 is 12.1 Å². The van der Waals surface area contributed by atoms with Gasteiger partial charge < -0.3 is 50.8 Å². The number of carbonyl (C=O) groups excluding carboxylic acids is 8. The van der Waals surface area contributed by atoms with E-state index in [0.717, 1.165) is 5.56 Å². The van der Waals surface area contributed by atoms with Crippen LogP contribution in [-0.4, -0.2) is 135 Å². The Balaban J connectivity index is 1.41. The number of H-pyrrole nitrogens is 1. The number of imidazole rings is 1. The minimum absolute atomic E-state index is 0.0228. The molecule has 2 fully saturated rings. The number of rotatable bonds is 18. The summed E-state index contributed by atoms with van der Waals surface area (Å²) < 4.78 is 10.2.